The zero-order valence-corrected chi connectivity index (χ0v) is 15.6. The highest BCUT2D eigenvalue weighted by molar-refractivity contribution is 5.95. The molecule has 2 aromatic rings. The van der Waals surface area contributed by atoms with E-state index in [0.717, 1.165) is 50.9 Å². The molecule has 0 bridgehead atoms. The second kappa shape index (κ2) is 7.92. The van der Waals surface area contributed by atoms with Crippen LogP contribution in [0.2, 0.25) is 0 Å². The Kier molecular flexibility index (Phi) is 5.20. The Balaban J connectivity index is 1.30. The minimum absolute atomic E-state index is 0.231. The van der Waals surface area contributed by atoms with Gasteiger partial charge in [0.25, 0.3) is 0 Å². The molecular formula is C20H25N5O2. The third kappa shape index (κ3) is 4.03. The lowest BCUT2D eigenvalue weighted by Gasteiger charge is -2.35. The molecule has 2 aliphatic heterocycles. The molecule has 2 aliphatic rings. The summed E-state index contributed by atoms with van der Waals surface area (Å²) in [4.78, 5) is 27.7. The van der Waals surface area contributed by atoms with Crippen LogP contribution >= 0.6 is 0 Å². The summed E-state index contributed by atoms with van der Waals surface area (Å²) < 4.78 is 5.19. The van der Waals surface area contributed by atoms with Gasteiger partial charge in [-0.2, -0.15) is 4.98 Å². The Morgan fingerprint density at radius 3 is 2.63 bits per heavy atom. The number of methoxy groups -OCH3 is 1. The molecule has 0 spiro atoms. The molecule has 1 aromatic heterocycles. The van der Waals surface area contributed by atoms with Gasteiger partial charge in [-0.15, -0.1) is 0 Å². The summed E-state index contributed by atoms with van der Waals surface area (Å²) in [5.74, 6) is 1.93. The van der Waals surface area contributed by atoms with E-state index in [-0.39, 0.29) is 5.91 Å². The lowest BCUT2D eigenvalue weighted by atomic mass is 10.1. The molecule has 27 heavy (non-hydrogen) atoms. The Labute approximate surface area is 159 Å². The maximum Gasteiger partial charge on any atom is 0.228 e. The highest BCUT2D eigenvalue weighted by atomic mass is 16.5. The van der Waals surface area contributed by atoms with E-state index in [4.69, 9.17) is 4.74 Å². The van der Waals surface area contributed by atoms with E-state index in [1.54, 1.807) is 19.4 Å². The predicted molar refractivity (Wildman–Crippen MR) is 104 cm³/mol. The average molecular weight is 367 g/mol. The van der Waals surface area contributed by atoms with Crippen LogP contribution in [0.1, 0.15) is 6.42 Å². The summed E-state index contributed by atoms with van der Waals surface area (Å²) in [5, 5.41) is 0. The van der Waals surface area contributed by atoms with E-state index < -0.39 is 0 Å². The molecule has 0 N–H and O–H groups in total. The molecule has 0 aliphatic carbocycles. The smallest absolute Gasteiger partial charge is 0.228 e. The number of piperazine rings is 1. The van der Waals surface area contributed by atoms with Crippen molar-refractivity contribution in [2.45, 2.75) is 6.42 Å². The molecule has 7 nitrogen and oxygen atoms in total. The predicted octanol–water partition coefficient (Wildman–Crippen LogP) is 1.66. The van der Waals surface area contributed by atoms with Gasteiger partial charge in [-0.05, 0) is 18.1 Å². The van der Waals surface area contributed by atoms with Crippen LogP contribution in [0.25, 0.3) is 0 Å². The van der Waals surface area contributed by atoms with Gasteiger partial charge >= 0.3 is 0 Å². The number of hydrogen-bond acceptors (Lipinski definition) is 6. The maximum atomic E-state index is 12.4. The van der Waals surface area contributed by atoms with Crippen molar-refractivity contribution in [1.29, 1.82) is 0 Å². The third-order valence-corrected chi connectivity index (χ3v) is 5.27. The lowest BCUT2D eigenvalue weighted by Crippen LogP contribution is -2.48. The molecule has 3 heterocycles. The first-order chi connectivity index (χ1) is 13.2. The Bertz CT molecular complexity index is 777. The first kappa shape index (κ1) is 17.7. The number of carbonyl (C=O) groups is 1. The fourth-order valence-corrected chi connectivity index (χ4v) is 3.86. The van der Waals surface area contributed by atoms with Crippen molar-refractivity contribution >= 4 is 17.5 Å². The van der Waals surface area contributed by atoms with Crippen molar-refractivity contribution < 1.29 is 9.53 Å². The zero-order chi connectivity index (χ0) is 18.6. The van der Waals surface area contributed by atoms with Crippen LogP contribution in [0.3, 0.4) is 0 Å². The Hall–Kier alpha value is -2.67. The van der Waals surface area contributed by atoms with Gasteiger partial charge in [0, 0.05) is 63.6 Å². The molecule has 0 saturated carbocycles. The average Bonchev–Trinajstić information content (AvgIpc) is 3.09. The fraction of sp³-hybridized carbons (Fsp3) is 0.450. The number of anilines is 2. The zero-order valence-electron chi connectivity index (χ0n) is 15.6. The quantitative estimate of drug-likeness (QED) is 0.801. The topological polar surface area (TPSA) is 61.8 Å². The second-order valence-corrected chi connectivity index (χ2v) is 7.10. The molecular weight excluding hydrogens is 342 g/mol. The highest BCUT2D eigenvalue weighted by Crippen LogP contribution is 2.26. The van der Waals surface area contributed by atoms with Gasteiger partial charge in [-0.3, -0.25) is 9.69 Å². The van der Waals surface area contributed by atoms with Crippen molar-refractivity contribution in [2.24, 2.45) is 5.92 Å². The van der Waals surface area contributed by atoms with Gasteiger partial charge in [0.1, 0.15) is 0 Å². The minimum atomic E-state index is 0.231. The number of carbonyl (C=O) groups excluding carboxylic acids is 1. The SMILES string of the molecule is COc1ccnc(N2CCN(C[C@@H]3CC(=O)N(c4ccccc4)C3)CC2)n1. The van der Waals surface area contributed by atoms with Gasteiger partial charge in [0.2, 0.25) is 17.7 Å². The summed E-state index contributed by atoms with van der Waals surface area (Å²) in [6.45, 7) is 5.45. The number of aromatic nitrogens is 2. The van der Waals surface area contributed by atoms with Crippen LogP contribution < -0.4 is 14.5 Å². The summed E-state index contributed by atoms with van der Waals surface area (Å²) in [6.07, 6.45) is 2.37. The van der Waals surface area contributed by atoms with E-state index in [9.17, 15) is 4.79 Å². The molecule has 1 amide bonds. The van der Waals surface area contributed by atoms with Crippen LogP contribution in [-0.2, 0) is 4.79 Å². The first-order valence-corrected chi connectivity index (χ1v) is 9.42. The number of nitrogens with zero attached hydrogens (tertiary/aromatic N) is 5. The van der Waals surface area contributed by atoms with Crippen molar-refractivity contribution in [3.8, 4) is 5.88 Å². The van der Waals surface area contributed by atoms with E-state index in [1.165, 1.54) is 0 Å². The van der Waals surface area contributed by atoms with Crippen LogP contribution in [0.4, 0.5) is 11.6 Å². The number of benzene rings is 1. The monoisotopic (exact) mass is 367 g/mol. The van der Waals surface area contributed by atoms with Crippen molar-refractivity contribution in [2.75, 3.05) is 56.2 Å². The van der Waals surface area contributed by atoms with E-state index in [0.29, 0.717) is 18.2 Å². The minimum Gasteiger partial charge on any atom is -0.481 e. The number of para-hydroxylation sites is 1. The Morgan fingerprint density at radius 2 is 1.89 bits per heavy atom. The normalized spacial score (nSPS) is 20.9. The maximum absolute atomic E-state index is 12.4. The van der Waals surface area contributed by atoms with E-state index >= 15 is 0 Å². The van der Waals surface area contributed by atoms with Crippen molar-refractivity contribution in [3.63, 3.8) is 0 Å². The fourth-order valence-electron chi connectivity index (χ4n) is 3.86. The molecule has 7 heteroatoms. The van der Waals surface area contributed by atoms with Crippen LogP contribution in [0.5, 0.6) is 5.88 Å². The van der Waals surface area contributed by atoms with E-state index in [1.807, 2.05) is 35.2 Å². The summed E-state index contributed by atoms with van der Waals surface area (Å²) in [6, 6.07) is 11.7. The first-order valence-electron chi connectivity index (χ1n) is 9.42. The Morgan fingerprint density at radius 1 is 1.11 bits per heavy atom. The molecule has 2 saturated heterocycles. The largest absolute Gasteiger partial charge is 0.481 e. The molecule has 0 unspecified atom stereocenters. The summed E-state index contributed by atoms with van der Waals surface area (Å²) in [7, 11) is 1.62. The second-order valence-electron chi connectivity index (χ2n) is 7.10. The molecule has 1 atom stereocenters. The number of rotatable bonds is 5. The van der Waals surface area contributed by atoms with Crippen LogP contribution in [0.15, 0.2) is 42.6 Å². The number of amides is 1. The van der Waals surface area contributed by atoms with Gasteiger partial charge in [-0.25, -0.2) is 4.98 Å². The van der Waals surface area contributed by atoms with Gasteiger partial charge in [0.05, 0.1) is 7.11 Å². The number of ether oxygens (including phenoxy) is 1. The van der Waals surface area contributed by atoms with Gasteiger partial charge in [0.15, 0.2) is 0 Å². The third-order valence-electron chi connectivity index (χ3n) is 5.27. The summed E-state index contributed by atoms with van der Waals surface area (Å²) in [5.41, 5.74) is 1.00. The van der Waals surface area contributed by atoms with Gasteiger partial charge in [-0.1, -0.05) is 18.2 Å². The number of hydrogen-bond donors (Lipinski definition) is 0. The molecule has 142 valence electrons. The van der Waals surface area contributed by atoms with Crippen LogP contribution in [-0.4, -0.2) is 67.2 Å². The highest BCUT2D eigenvalue weighted by Gasteiger charge is 2.32. The molecule has 4 rings (SSSR count). The van der Waals surface area contributed by atoms with Crippen molar-refractivity contribution in [3.05, 3.63) is 42.6 Å². The van der Waals surface area contributed by atoms with Crippen LogP contribution in [0, 0.1) is 5.92 Å². The standard InChI is InChI=1S/C20H25N5O2/c1-27-18-7-8-21-20(22-18)24-11-9-23(10-12-24)14-16-13-19(26)25(15-16)17-5-3-2-4-6-17/h2-8,16H,9-15H2,1H3/t16-/m0/s1. The molecule has 1 aromatic carbocycles. The van der Waals surface area contributed by atoms with Gasteiger partial charge < -0.3 is 14.5 Å². The summed E-state index contributed by atoms with van der Waals surface area (Å²) >= 11 is 0. The van der Waals surface area contributed by atoms with Crippen molar-refractivity contribution in [1.82, 2.24) is 14.9 Å². The van der Waals surface area contributed by atoms with E-state index in [2.05, 4.69) is 19.8 Å². The molecule has 2 fully saturated rings. The molecule has 0 radical (unpaired) electrons. The lowest BCUT2D eigenvalue weighted by molar-refractivity contribution is -0.117.